The summed E-state index contributed by atoms with van der Waals surface area (Å²) in [6.07, 6.45) is 40.1. The number of rotatable bonds is 34. The maximum absolute atomic E-state index is 12.4. The maximum atomic E-state index is 12.4. The number of unbranched alkanes of at least 4 members (excludes halogenated alkanes) is 28. The zero-order valence-corrected chi connectivity index (χ0v) is 30.9. The maximum Gasteiger partial charge on any atom is 0.359 e. The van der Waals surface area contributed by atoms with Crippen molar-refractivity contribution in [2.75, 3.05) is 10.8 Å². The first-order valence-corrected chi connectivity index (χ1v) is 21.2. The van der Waals surface area contributed by atoms with Crippen LogP contribution >= 0.6 is 0 Å². The molecule has 0 heterocycles. The van der Waals surface area contributed by atoms with Gasteiger partial charge in [0.25, 0.3) is 0 Å². The number of nitrogens with zero attached hydrogens (tertiary/aromatic N) is 1. The molecule has 1 aromatic carbocycles. The van der Waals surface area contributed by atoms with Crippen molar-refractivity contribution in [1.82, 2.24) is 0 Å². The van der Waals surface area contributed by atoms with Gasteiger partial charge in [0.2, 0.25) is 0 Å². The second kappa shape index (κ2) is 30.3. The van der Waals surface area contributed by atoms with Crippen LogP contribution in [0.3, 0.4) is 0 Å². The minimum atomic E-state index is -4.29. The van der Waals surface area contributed by atoms with Crippen molar-refractivity contribution in [2.24, 2.45) is 0 Å². The molecule has 1 N–H and O–H groups in total. The van der Waals surface area contributed by atoms with E-state index in [2.05, 4.69) is 13.8 Å². The second-order valence-corrected chi connectivity index (χ2v) is 15.2. The number of para-hydroxylation sites is 1. The predicted molar refractivity (Wildman–Crippen MR) is 199 cm³/mol. The van der Waals surface area contributed by atoms with E-state index < -0.39 is 10.3 Å². The van der Waals surface area contributed by atoms with Gasteiger partial charge in [-0.05, 0) is 30.9 Å². The molecule has 0 atom stereocenters. The third-order valence-electron chi connectivity index (χ3n) is 9.55. The molecule has 0 aliphatic heterocycles. The fourth-order valence-electron chi connectivity index (χ4n) is 6.64. The molecule has 1 rings (SSSR count). The lowest BCUT2D eigenvalue weighted by Gasteiger charge is -2.23. The molecule has 45 heavy (non-hydrogen) atoms. The standard InChI is InChI=1S/C40H75NO3S/c1-3-5-7-9-11-13-15-17-19-21-23-25-27-29-31-35-39-36-32-33-37-40(39)41(45(42,43)44)38-34-30-28-26-24-22-20-18-16-14-12-10-8-6-4-2/h32-33,36-37H,3-31,34-35,38H2,1-2H3,(H,42,43,44). The lowest BCUT2D eigenvalue weighted by Crippen LogP contribution is -2.32. The van der Waals surface area contributed by atoms with E-state index in [1.165, 1.54) is 171 Å². The van der Waals surface area contributed by atoms with Gasteiger partial charge in [-0.3, -0.25) is 4.55 Å². The molecular weight excluding hydrogens is 575 g/mol. The third kappa shape index (κ3) is 24.7. The Morgan fingerprint density at radius 3 is 1.13 bits per heavy atom. The van der Waals surface area contributed by atoms with Gasteiger partial charge in [-0.25, -0.2) is 4.31 Å². The zero-order chi connectivity index (χ0) is 32.7. The molecule has 0 spiro atoms. The molecule has 1 aromatic rings. The summed E-state index contributed by atoms with van der Waals surface area (Å²) in [7, 11) is -4.29. The Balaban J connectivity index is 2.17. The van der Waals surface area contributed by atoms with Crippen molar-refractivity contribution >= 4 is 16.0 Å². The van der Waals surface area contributed by atoms with Gasteiger partial charge in [0.05, 0.1) is 5.69 Å². The normalized spacial score (nSPS) is 11.8. The van der Waals surface area contributed by atoms with Crippen LogP contribution in [-0.2, 0) is 16.7 Å². The molecule has 0 amide bonds. The third-order valence-corrected chi connectivity index (χ3v) is 10.5. The highest BCUT2D eigenvalue weighted by Gasteiger charge is 2.21. The van der Waals surface area contributed by atoms with Crippen molar-refractivity contribution in [2.45, 2.75) is 213 Å². The average molecular weight is 650 g/mol. The smallest absolute Gasteiger partial charge is 0.269 e. The lowest BCUT2D eigenvalue weighted by atomic mass is 10.0. The fraction of sp³-hybridized carbons (Fsp3) is 0.850. The topological polar surface area (TPSA) is 57.6 Å². The first-order chi connectivity index (χ1) is 22.0. The van der Waals surface area contributed by atoms with E-state index in [1.807, 2.05) is 24.3 Å². The van der Waals surface area contributed by atoms with Gasteiger partial charge < -0.3 is 0 Å². The van der Waals surface area contributed by atoms with E-state index in [4.69, 9.17) is 0 Å². The summed E-state index contributed by atoms with van der Waals surface area (Å²) in [6.45, 7) is 4.91. The van der Waals surface area contributed by atoms with Crippen LogP contribution in [0, 0.1) is 0 Å². The Morgan fingerprint density at radius 2 is 0.778 bits per heavy atom. The molecule has 4 nitrogen and oxygen atoms in total. The quantitative estimate of drug-likeness (QED) is 0.0597. The summed E-state index contributed by atoms with van der Waals surface area (Å²) in [5.41, 5.74) is 1.70. The van der Waals surface area contributed by atoms with E-state index in [-0.39, 0.29) is 0 Å². The molecule has 0 radical (unpaired) electrons. The summed E-state index contributed by atoms with van der Waals surface area (Å²) < 4.78 is 36.0. The minimum Gasteiger partial charge on any atom is -0.269 e. The van der Waals surface area contributed by atoms with Gasteiger partial charge in [-0.15, -0.1) is 0 Å². The molecule has 0 aliphatic rings. The Kier molecular flexibility index (Phi) is 28.2. The highest BCUT2D eigenvalue weighted by atomic mass is 32.2. The zero-order valence-electron chi connectivity index (χ0n) is 30.1. The van der Waals surface area contributed by atoms with E-state index >= 15 is 0 Å². The summed E-state index contributed by atoms with van der Waals surface area (Å²) in [6, 6.07) is 7.76. The Labute approximate surface area is 281 Å². The van der Waals surface area contributed by atoms with Gasteiger partial charge in [0, 0.05) is 6.54 Å². The van der Waals surface area contributed by atoms with Crippen LogP contribution in [0.25, 0.3) is 0 Å². The molecule has 0 unspecified atom stereocenters. The average Bonchev–Trinajstić information content (AvgIpc) is 3.02. The van der Waals surface area contributed by atoms with Crippen molar-refractivity contribution < 1.29 is 13.0 Å². The molecule has 0 aliphatic carbocycles. The van der Waals surface area contributed by atoms with Gasteiger partial charge >= 0.3 is 10.3 Å². The van der Waals surface area contributed by atoms with Crippen LogP contribution < -0.4 is 4.31 Å². The highest BCUT2D eigenvalue weighted by Crippen LogP contribution is 2.26. The Hall–Kier alpha value is -1.07. The van der Waals surface area contributed by atoms with Crippen LogP contribution in [-0.4, -0.2) is 19.5 Å². The first kappa shape index (κ1) is 42.0. The summed E-state index contributed by atoms with van der Waals surface area (Å²) in [4.78, 5) is 0. The highest BCUT2D eigenvalue weighted by molar-refractivity contribution is 7.87. The molecule has 0 fully saturated rings. The number of benzene rings is 1. The van der Waals surface area contributed by atoms with E-state index in [9.17, 15) is 13.0 Å². The number of anilines is 1. The number of aryl methyl sites for hydroxylation is 1. The van der Waals surface area contributed by atoms with E-state index in [0.717, 1.165) is 37.7 Å². The summed E-state index contributed by atoms with van der Waals surface area (Å²) in [5.74, 6) is 0. The van der Waals surface area contributed by atoms with Crippen LogP contribution in [0.5, 0.6) is 0 Å². The largest absolute Gasteiger partial charge is 0.359 e. The van der Waals surface area contributed by atoms with Crippen LogP contribution in [0.1, 0.15) is 212 Å². The van der Waals surface area contributed by atoms with Crippen molar-refractivity contribution in [3.63, 3.8) is 0 Å². The first-order valence-electron chi connectivity index (χ1n) is 19.8. The monoisotopic (exact) mass is 650 g/mol. The summed E-state index contributed by atoms with van der Waals surface area (Å²) >= 11 is 0. The lowest BCUT2D eigenvalue weighted by molar-refractivity contribution is 0.475. The molecular formula is C40H75NO3S. The summed E-state index contributed by atoms with van der Waals surface area (Å²) in [5, 5.41) is 0. The van der Waals surface area contributed by atoms with Crippen molar-refractivity contribution in [3.05, 3.63) is 29.8 Å². The molecule has 0 aromatic heterocycles. The van der Waals surface area contributed by atoms with Crippen LogP contribution in [0.15, 0.2) is 24.3 Å². The van der Waals surface area contributed by atoms with Crippen LogP contribution in [0.2, 0.25) is 0 Å². The Bertz CT molecular complexity index is 872. The molecule has 5 heteroatoms. The predicted octanol–water partition coefficient (Wildman–Crippen LogP) is 13.6. The molecule has 0 bridgehead atoms. The second-order valence-electron chi connectivity index (χ2n) is 13.8. The van der Waals surface area contributed by atoms with Gasteiger partial charge in [-0.2, -0.15) is 8.42 Å². The fourth-order valence-corrected chi connectivity index (χ4v) is 7.43. The number of hydrogen-bond acceptors (Lipinski definition) is 2. The molecule has 264 valence electrons. The van der Waals surface area contributed by atoms with E-state index in [1.54, 1.807) is 0 Å². The van der Waals surface area contributed by atoms with Gasteiger partial charge in [0.1, 0.15) is 0 Å². The van der Waals surface area contributed by atoms with Gasteiger partial charge in [0.15, 0.2) is 0 Å². The molecule has 0 saturated carbocycles. The van der Waals surface area contributed by atoms with Crippen molar-refractivity contribution in [3.8, 4) is 0 Å². The molecule has 0 saturated heterocycles. The van der Waals surface area contributed by atoms with Gasteiger partial charge in [-0.1, -0.05) is 212 Å². The Morgan fingerprint density at radius 1 is 0.467 bits per heavy atom. The van der Waals surface area contributed by atoms with Crippen molar-refractivity contribution in [1.29, 1.82) is 0 Å². The SMILES string of the molecule is CCCCCCCCCCCCCCCCCc1ccccc1N(CCCCCCCCCCCCCCCCC)S(=O)(=O)O. The van der Waals surface area contributed by atoms with E-state index in [0.29, 0.717) is 12.2 Å². The van der Waals surface area contributed by atoms with Crippen LogP contribution in [0.4, 0.5) is 5.69 Å². The number of hydrogen-bond donors (Lipinski definition) is 1. The minimum absolute atomic E-state index is 0.354.